The second-order valence-electron chi connectivity index (χ2n) is 14.1. The molecule has 0 saturated carbocycles. The molecule has 0 aliphatic heterocycles. The van der Waals surface area contributed by atoms with E-state index in [0.29, 0.717) is 23.1 Å². The number of furan rings is 1. The van der Waals surface area contributed by atoms with Crippen molar-refractivity contribution in [3.8, 4) is 34.2 Å². The van der Waals surface area contributed by atoms with Gasteiger partial charge in [-0.25, -0.2) is 15.0 Å². The first kappa shape index (κ1) is 31.9. The van der Waals surface area contributed by atoms with Crippen molar-refractivity contribution < 1.29 is 4.42 Å². The molecule has 0 N–H and O–H groups in total. The number of nitrogens with zero attached hydrogens (tertiary/aromatic N) is 4. The lowest BCUT2D eigenvalue weighted by molar-refractivity contribution is 0.670. The van der Waals surface area contributed by atoms with Crippen LogP contribution in [0.3, 0.4) is 0 Å². The molecule has 9 aromatic carbocycles. The number of rotatable bonds is 6. The van der Waals surface area contributed by atoms with Crippen LogP contribution in [-0.4, -0.2) is 15.0 Å². The molecule has 0 fully saturated rings. The quantitative estimate of drug-likeness (QED) is 0.171. The molecule has 5 heteroatoms. The van der Waals surface area contributed by atoms with Gasteiger partial charge in [-0.3, -0.25) is 0 Å². The van der Waals surface area contributed by atoms with Crippen molar-refractivity contribution in [3.05, 3.63) is 194 Å². The van der Waals surface area contributed by atoms with Gasteiger partial charge in [0, 0.05) is 27.9 Å². The summed E-state index contributed by atoms with van der Waals surface area (Å²) in [5.41, 5.74) is 7.20. The summed E-state index contributed by atoms with van der Waals surface area (Å²) in [7, 11) is 0. The van der Waals surface area contributed by atoms with Gasteiger partial charge in [0.2, 0.25) is 0 Å². The minimum Gasteiger partial charge on any atom is -0.455 e. The van der Waals surface area contributed by atoms with E-state index in [1.165, 1.54) is 21.5 Å². The van der Waals surface area contributed by atoms with Crippen molar-refractivity contribution in [1.82, 2.24) is 15.0 Å². The first-order valence-electron chi connectivity index (χ1n) is 18.8. The molecule has 0 radical (unpaired) electrons. The Morgan fingerprint density at radius 2 is 0.839 bits per heavy atom. The van der Waals surface area contributed by atoms with Crippen LogP contribution in [0.5, 0.6) is 0 Å². The van der Waals surface area contributed by atoms with E-state index in [9.17, 15) is 0 Å². The van der Waals surface area contributed by atoms with Crippen molar-refractivity contribution in [2.75, 3.05) is 4.90 Å². The van der Waals surface area contributed by atoms with Crippen molar-refractivity contribution in [3.63, 3.8) is 0 Å². The fourth-order valence-corrected chi connectivity index (χ4v) is 7.90. The van der Waals surface area contributed by atoms with Gasteiger partial charge in [0.15, 0.2) is 17.5 Å². The van der Waals surface area contributed by atoms with Gasteiger partial charge in [-0.05, 0) is 80.8 Å². The molecule has 0 spiro atoms. The monoisotopic (exact) mass is 716 g/mol. The molecular formula is C51H32N4O. The normalized spacial score (nSPS) is 11.6. The summed E-state index contributed by atoms with van der Waals surface area (Å²) in [6.45, 7) is 0. The molecule has 262 valence electrons. The Bertz CT molecular complexity index is 3130. The highest BCUT2D eigenvalue weighted by Crippen LogP contribution is 2.47. The van der Waals surface area contributed by atoms with E-state index >= 15 is 0 Å². The van der Waals surface area contributed by atoms with Crippen molar-refractivity contribution in [2.45, 2.75) is 0 Å². The van der Waals surface area contributed by atoms with Crippen molar-refractivity contribution in [1.29, 1.82) is 0 Å². The molecule has 0 amide bonds. The van der Waals surface area contributed by atoms with Crippen LogP contribution in [0.25, 0.3) is 88.4 Å². The summed E-state index contributed by atoms with van der Waals surface area (Å²) in [4.78, 5) is 17.6. The van der Waals surface area contributed by atoms with Gasteiger partial charge in [-0.2, -0.15) is 0 Å². The Labute approximate surface area is 322 Å². The zero-order chi connectivity index (χ0) is 37.0. The van der Waals surface area contributed by atoms with Crippen LogP contribution in [0.15, 0.2) is 199 Å². The minimum atomic E-state index is 0.542. The summed E-state index contributed by atoms with van der Waals surface area (Å²) in [5, 5.41) is 8.95. The van der Waals surface area contributed by atoms with Gasteiger partial charge < -0.3 is 9.32 Å². The van der Waals surface area contributed by atoms with Crippen LogP contribution in [-0.2, 0) is 0 Å². The molecule has 2 aromatic heterocycles. The van der Waals surface area contributed by atoms with Crippen LogP contribution < -0.4 is 4.90 Å². The third kappa shape index (κ3) is 5.45. The average Bonchev–Trinajstić information content (AvgIpc) is 3.64. The highest BCUT2D eigenvalue weighted by molar-refractivity contribution is 6.19. The molecule has 11 aromatic rings. The zero-order valence-electron chi connectivity index (χ0n) is 30.2. The Hall–Kier alpha value is -7.63. The predicted molar refractivity (Wildman–Crippen MR) is 231 cm³/mol. The summed E-state index contributed by atoms with van der Waals surface area (Å²) in [6, 6.07) is 67.7. The maximum absolute atomic E-state index is 7.01. The molecule has 0 aliphatic carbocycles. The molecule has 0 atom stereocenters. The van der Waals surface area contributed by atoms with Gasteiger partial charge >= 0.3 is 0 Å². The summed E-state index contributed by atoms with van der Waals surface area (Å²) in [5.74, 6) is 1.74. The van der Waals surface area contributed by atoms with E-state index in [4.69, 9.17) is 19.4 Å². The number of benzene rings is 9. The summed E-state index contributed by atoms with van der Waals surface area (Å²) >= 11 is 0. The number of anilines is 3. The molecular weight excluding hydrogens is 685 g/mol. The standard InChI is InChI=1S/C51H32N4O/c1-3-15-35(16-4-1)49-52-50(36-17-5-2-6-18-36)54-51(53-49)43-27-28-45(47-44-31-39-21-11-12-22-40(39)32-46(44)56-48(43)47)55(41-25-23-33-13-7-9-19-37(33)29-41)42-26-24-34-14-8-10-20-38(34)30-42/h1-32H. The van der Waals surface area contributed by atoms with E-state index in [1.54, 1.807) is 0 Å². The fraction of sp³-hybridized carbons (Fsp3) is 0. The maximum Gasteiger partial charge on any atom is 0.167 e. The lowest BCUT2D eigenvalue weighted by Crippen LogP contribution is -2.10. The zero-order valence-corrected chi connectivity index (χ0v) is 30.2. The maximum atomic E-state index is 7.01. The van der Waals surface area contributed by atoms with Gasteiger partial charge in [0.1, 0.15) is 11.2 Å². The van der Waals surface area contributed by atoms with Crippen molar-refractivity contribution >= 4 is 71.3 Å². The number of aromatic nitrogens is 3. The van der Waals surface area contributed by atoms with Crippen molar-refractivity contribution in [2.24, 2.45) is 0 Å². The Kier molecular flexibility index (Phi) is 7.42. The largest absolute Gasteiger partial charge is 0.455 e. The van der Waals surface area contributed by atoms with Crippen LogP contribution in [0.1, 0.15) is 0 Å². The average molecular weight is 717 g/mol. The third-order valence-corrected chi connectivity index (χ3v) is 10.6. The molecule has 2 heterocycles. The highest BCUT2D eigenvalue weighted by atomic mass is 16.3. The topological polar surface area (TPSA) is 55.1 Å². The lowest BCUT2D eigenvalue weighted by Gasteiger charge is -2.27. The number of hydrogen-bond donors (Lipinski definition) is 0. The van der Waals surface area contributed by atoms with Gasteiger partial charge in [-0.1, -0.05) is 146 Å². The number of fused-ring (bicyclic) bond motifs is 6. The van der Waals surface area contributed by atoms with Gasteiger partial charge in [-0.15, -0.1) is 0 Å². The van der Waals surface area contributed by atoms with E-state index in [-0.39, 0.29) is 0 Å². The van der Waals surface area contributed by atoms with E-state index in [2.05, 4.69) is 138 Å². The highest BCUT2D eigenvalue weighted by Gasteiger charge is 2.25. The Morgan fingerprint density at radius 3 is 1.39 bits per heavy atom. The van der Waals surface area contributed by atoms with E-state index in [1.807, 2.05) is 60.7 Å². The molecule has 0 bridgehead atoms. The third-order valence-electron chi connectivity index (χ3n) is 10.6. The first-order valence-corrected chi connectivity index (χ1v) is 18.8. The Balaban J connectivity index is 1.22. The SMILES string of the molecule is c1ccc(-c2nc(-c3ccccc3)nc(-c3ccc(N(c4ccc5ccccc5c4)c4ccc5ccccc5c4)c4c3oc3cc5ccccc5cc34)n2)cc1. The molecule has 56 heavy (non-hydrogen) atoms. The van der Waals surface area contributed by atoms with Crippen LogP contribution in [0, 0.1) is 0 Å². The smallest absolute Gasteiger partial charge is 0.167 e. The second kappa shape index (κ2) is 13.0. The molecule has 11 rings (SSSR count). The number of hydrogen-bond acceptors (Lipinski definition) is 5. The molecule has 5 nitrogen and oxygen atoms in total. The van der Waals surface area contributed by atoms with Crippen LogP contribution in [0.2, 0.25) is 0 Å². The summed E-state index contributed by atoms with van der Waals surface area (Å²) in [6.07, 6.45) is 0. The predicted octanol–water partition coefficient (Wildman–Crippen LogP) is 13.7. The van der Waals surface area contributed by atoms with Gasteiger partial charge in [0.25, 0.3) is 0 Å². The Morgan fingerprint density at radius 1 is 0.375 bits per heavy atom. The van der Waals surface area contributed by atoms with E-state index in [0.717, 1.165) is 60.9 Å². The molecule has 0 saturated heterocycles. The van der Waals surface area contributed by atoms with Crippen LogP contribution >= 0.6 is 0 Å². The second-order valence-corrected chi connectivity index (χ2v) is 14.1. The molecule has 0 aliphatic rings. The fourth-order valence-electron chi connectivity index (χ4n) is 7.90. The minimum absolute atomic E-state index is 0.542. The molecule has 0 unspecified atom stereocenters. The van der Waals surface area contributed by atoms with E-state index < -0.39 is 0 Å². The lowest BCUT2D eigenvalue weighted by atomic mass is 10.0. The first-order chi connectivity index (χ1) is 27.7. The summed E-state index contributed by atoms with van der Waals surface area (Å²) < 4.78 is 7.01. The van der Waals surface area contributed by atoms with Gasteiger partial charge in [0.05, 0.1) is 16.6 Å². The van der Waals surface area contributed by atoms with Crippen LogP contribution in [0.4, 0.5) is 17.1 Å².